The molecule has 0 N–H and O–H groups in total. The molecule has 2 aromatic carbocycles. The van der Waals surface area contributed by atoms with Crippen molar-refractivity contribution in [2.75, 3.05) is 39.3 Å². The van der Waals surface area contributed by atoms with Gasteiger partial charge in [-0.05, 0) is 19.1 Å². The summed E-state index contributed by atoms with van der Waals surface area (Å²) in [6.07, 6.45) is 0. The molecule has 6 nitrogen and oxygen atoms in total. The first-order chi connectivity index (χ1) is 13.8. The lowest BCUT2D eigenvalue weighted by Crippen LogP contribution is -2.48. The van der Waals surface area contributed by atoms with E-state index in [1.807, 2.05) is 60.7 Å². The Morgan fingerprint density at radius 2 is 1.64 bits per heavy atom. The number of hydrogen-bond donors (Lipinski definition) is 0. The van der Waals surface area contributed by atoms with E-state index >= 15 is 0 Å². The van der Waals surface area contributed by atoms with E-state index in [2.05, 4.69) is 26.9 Å². The van der Waals surface area contributed by atoms with Gasteiger partial charge in [0.25, 0.3) is 0 Å². The molecule has 28 heavy (non-hydrogen) atoms. The van der Waals surface area contributed by atoms with Gasteiger partial charge in [0.1, 0.15) is 12.4 Å². The number of aromatic nitrogens is 2. The Morgan fingerprint density at radius 3 is 2.36 bits per heavy atom. The van der Waals surface area contributed by atoms with E-state index in [1.54, 1.807) is 0 Å². The molecule has 1 aliphatic heterocycles. The topological polar surface area (TPSA) is 54.6 Å². The molecule has 1 fully saturated rings. The third-order valence-corrected chi connectivity index (χ3v) is 5.21. The van der Waals surface area contributed by atoms with Crippen molar-refractivity contribution in [2.45, 2.75) is 13.0 Å². The highest BCUT2D eigenvalue weighted by Gasteiger charge is 2.25. The zero-order chi connectivity index (χ0) is 19.2. The summed E-state index contributed by atoms with van der Waals surface area (Å²) in [5, 5.41) is 4.15. The van der Waals surface area contributed by atoms with Crippen molar-refractivity contribution in [3.63, 3.8) is 0 Å². The Bertz CT molecular complexity index is 845. The van der Waals surface area contributed by atoms with Gasteiger partial charge < -0.3 is 9.26 Å². The molecule has 0 amide bonds. The van der Waals surface area contributed by atoms with E-state index in [0.717, 1.165) is 44.0 Å². The van der Waals surface area contributed by atoms with Gasteiger partial charge in [-0.2, -0.15) is 4.98 Å². The molecule has 3 aromatic rings. The van der Waals surface area contributed by atoms with Crippen LogP contribution in [0.15, 0.2) is 65.2 Å². The summed E-state index contributed by atoms with van der Waals surface area (Å²) in [5.74, 6) is 2.26. The number of piperazine rings is 1. The van der Waals surface area contributed by atoms with Crippen LogP contribution >= 0.6 is 0 Å². The van der Waals surface area contributed by atoms with Crippen molar-refractivity contribution in [2.24, 2.45) is 0 Å². The van der Waals surface area contributed by atoms with E-state index in [1.165, 1.54) is 0 Å². The van der Waals surface area contributed by atoms with E-state index in [9.17, 15) is 0 Å². The average molecular weight is 378 g/mol. The van der Waals surface area contributed by atoms with Crippen molar-refractivity contribution in [3.05, 3.63) is 66.6 Å². The molecule has 0 saturated carbocycles. The summed E-state index contributed by atoms with van der Waals surface area (Å²) in [4.78, 5) is 9.44. The summed E-state index contributed by atoms with van der Waals surface area (Å²) in [7, 11) is 0. The molecular formula is C22H26N4O2. The molecule has 0 radical (unpaired) electrons. The molecule has 1 saturated heterocycles. The fourth-order valence-electron chi connectivity index (χ4n) is 3.45. The van der Waals surface area contributed by atoms with Gasteiger partial charge in [0, 0.05) is 38.3 Å². The maximum Gasteiger partial charge on any atom is 0.244 e. The smallest absolute Gasteiger partial charge is 0.244 e. The standard InChI is InChI=1S/C22H26N4O2/c1-18(22-23-21(24-28-22)19-8-4-2-5-9-19)26-14-12-25(13-15-26)16-17-27-20-10-6-3-7-11-20/h2-11,18H,12-17H2,1H3. The Morgan fingerprint density at radius 1 is 0.964 bits per heavy atom. The van der Waals surface area contributed by atoms with Crippen LogP contribution in [-0.2, 0) is 0 Å². The van der Waals surface area contributed by atoms with Gasteiger partial charge in [-0.3, -0.25) is 9.80 Å². The van der Waals surface area contributed by atoms with Gasteiger partial charge in [0.2, 0.25) is 11.7 Å². The van der Waals surface area contributed by atoms with Gasteiger partial charge in [-0.1, -0.05) is 53.7 Å². The minimum Gasteiger partial charge on any atom is -0.492 e. The molecule has 1 unspecified atom stereocenters. The zero-order valence-electron chi connectivity index (χ0n) is 16.2. The molecule has 2 heterocycles. The number of benzene rings is 2. The van der Waals surface area contributed by atoms with Gasteiger partial charge in [-0.15, -0.1) is 0 Å². The highest BCUT2D eigenvalue weighted by Crippen LogP contribution is 2.23. The minimum atomic E-state index is 0.118. The Balaban J connectivity index is 1.25. The van der Waals surface area contributed by atoms with E-state index < -0.39 is 0 Å². The number of rotatable bonds is 7. The number of nitrogens with zero attached hydrogens (tertiary/aromatic N) is 4. The predicted molar refractivity (Wildman–Crippen MR) is 108 cm³/mol. The van der Waals surface area contributed by atoms with Gasteiger partial charge in [0.15, 0.2) is 0 Å². The lowest BCUT2D eigenvalue weighted by atomic mass is 10.2. The van der Waals surface area contributed by atoms with Gasteiger partial charge in [-0.25, -0.2) is 0 Å². The predicted octanol–water partition coefficient (Wildman–Crippen LogP) is 3.49. The summed E-state index contributed by atoms with van der Waals surface area (Å²) < 4.78 is 11.3. The monoisotopic (exact) mass is 378 g/mol. The first-order valence-corrected chi connectivity index (χ1v) is 9.83. The summed E-state index contributed by atoms with van der Waals surface area (Å²) >= 11 is 0. The highest BCUT2D eigenvalue weighted by atomic mass is 16.5. The fourth-order valence-corrected chi connectivity index (χ4v) is 3.45. The molecule has 4 rings (SSSR count). The number of hydrogen-bond acceptors (Lipinski definition) is 6. The van der Waals surface area contributed by atoms with Crippen molar-refractivity contribution < 1.29 is 9.26 Å². The largest absolute Gasteiger partial charge is 0.492 e. The Hall–Kier alpha value is -2.70. The van der Waals surface area contributed by atoms with Crippen molar-refractivity contribution in [1.29, 1.82) is 0 Å². The first-order valence-electron chi connectivity index (χ1n) is 9.83. The van der Waals surface area contributed by atoms with E-state index in [-0.39, 0.29) is 6.04 Å². The van der Waals surface area contributed by atoms with Crippen LogP contribution in [0.4, 0.5) is 0 Å². The Kier molecular flexibility index (Phi) is 5.99. The van der Waals surface area contributed by atoms with Crippen LogP contribution in [0.1, 0.15) is 18.9 Å². The second kappa shape index (κ2) is 8.99. The third kappa shape index (κ3) is 4.58. The summed E-state index contributed by atoms with van der Waals surface area (Å²) in [5.41, 5.74) is 0.980. The minimum absolute atomic E-state index is 0.118. The molecule has 1 aromatic heterocycles. The van der Waals surface area contributed by atoms with Crippen LogP contribution in [0.5, 0.6) is 5.75 Å². The quantitative estimate of drug-likeness (QED) is 0.627. The van der Waals surface area contributed by atoms with Crippen molar-refractivity contribution >= 4 is 0 Å². The first kappa shape index (κ1) is 18.7. The maximum atomic E-state index is 5.81. The fraction of sp³-hybridized carbons (Fsp3) is 0.364. The molecule has 146 valence electrons. The Labute approximate surface area is 165 Å². The molecule has 0 spiro atoms. The third-order valence-electron chi connectivity index (χ3n) is 5.21. The lowest BCUT2D eigenvalue weighted by Gasteiger charge is -2.36. The second-order valence-corrected chi connectivity index (χ2v) is 7.04. The number of para-hydroxylation sites is 1. The summed E-state index contributed by atoms with van der Waals surface area (Å²) in [6.45, 7) is 7.78. The van der Waals surface area contributed by atoms with Crippen LogP contribution in [0, 0.1) is 0 Å². The number of ether oxygens (including phenoxy) is 1. The highest BCUT2D eigenvalue weighted by molar-refractivity contribution is 5.53. The molecule has 0 bridgehead atoms. The van der Waals surface area contributed by atoms with Crippen LogP contribution in [0.25, 0.3) is 11.4 Å². The molecule has 1 aliphatic rings. The van der Waals surface area contributed by atoms with Crippen LogP contribution in [-0.4, -0.2) is 59.3 Å². The van der Waals surface area contributed by atoms with Crippen LogP contribution < -0.4 is 4.74 Å². The molecule has 1 atom stereocenters. The van der Waals surface area contributed by atoms with Crippen LogP contribution in [0.2, 0.25) is 0 Å². The molecule has 0 aliphatic carbocycles. The average Bonchev–Trinajstić information content (AvgIpc) is 3.25. The zero-order valence-corrected chi connectivity index (χ0v) is 16.2. The van der Waals surface area contributed by atoms with Crippen LogP contribution in [0.3, 0.4) is 0 Å². The van der Waals surface area contributed by atoms with Gasteiger partial charge >= 0.3 is 0 Å². The lowest BCUT2D eigenvalue weighted by molar-refractivity contribution is 0.0800. The van der Waals surface area contributed by atoms with Gasteiger partial charge in [0.05, 0.1) is 6.04 Å². The molecular weight excluding hydrogens is 352 g/mol. The second-order valence-electron chi connectivity index (χ2n) is 7.04. The van der Waals surface area contributed by atoms with Crippen molar-refractivity contribution in [1.82, 2.24) is 19.9 Å². The van der Waals surface area contributed by atoms with E-state index in [0.29, 0.717) is 18.3 Å². The summed E-state index contributed by atoms with van der Waals surface area (Å²) in [6, 6.07) is 20.0. The normalized spacial score (nSPS) is 16.8. The van der Waals surface area contributed by atoms with E-state index in [4.69, 9.17) is 9.26 Å². The maximum absolute atomic E-state index is 5.81. The molecule has 6 heteroatoms. The van der Waals surface area contributed by atoms with Crippen molar-refractivity contribution in [3.8, 4) is 17.1 Å². The SMILES string of the molecule is CC(c1nc(-c2ccccc2)no1)N1CCN(CCOc2ccccc2)CC1.